The van der Waals surface area contributed by atoms with Crippen LogP contribution in [0.15, 0.2) is 18.6 Å². The Labute approximate surface area is 169 Å². The van der Waals surface area contributed by atoms with Gasteiger partial charge in [0.2, 0.25) is 0 Å². The molecule has 0 atom stereocenters. The summed E-state index contributed by atoms with van der Waals surface area (Å²) in [5.41, 5.74) is 1.07. The minimum atomic E-state index is -0.568. The SMILES string of the molecule is Cc1cnc(C2(NC(=O)c3cnn4c3CN(C(=O)OC(C)(C)C)CC4)CC2)nc1. The lowest BCUT2D eigenvalue weighted by atomic mass is 10.1. The molecular weight excluding hydrogens is 372 g/mol. The predicted molar refractivity (Wildman–Crippen MR) is 104 cm³/mol. The molecule has 1 saturated carbocycles. The third-order valence-corrected chi connectivity index (χ3v) is 5.08. The third kappa shape index (κ3) is 3.94. The van der Waals surface area contributed by atoms with E-state index < -0.39 is 11.1 Å². The number of carbonyl (C=O) groups is 2. The molecule has 0 saturated heterocycles. The molecular formula is C20H26N6O3. The van der Waals surface area contributed by atoms with Crippen LogP contribution in [0.1, 0.15) is 61.1 Å². The molecule has 2 aromatic rings. The zero-order chi connectivity index (χ0) is 20.8. The summed E-state index contributed by atoms with van der Waals surface area (Å²) in [5, 5.41) is 7.41. The summed E-state index contributed by atoms with van der Waals surface area (Å²) >= 11 is 0. The van der Waals surface area contributed by atoms with E-state index in [1.807, 2.05) is 27.7 Å². The van der Waals surface area contributed by atoms with Gasteiger partial charge in [-0.25, -0.2) is 14.8 Å². The zero-order valence-corrected chi connectivity index (χ0v) is 17.2. The molecule has 0 radical (unpaired) electrons. The summed E-state index contributed by atoms with van der Waals surface area (Å²) in [6.07, 6.45) is 6.30. The van der Waals surface area contributed by atoms with Crippen molar-refractivity contribution < 1.29 is 14.3 Å². The van der Waals surface area contributed by atoms with E-state index in [9.17, 15) is 9.59 Å². The highest BCUT2D eigenvalue weighted by molar-refractivity contribution is 5.96. The summed E-state index contributed by atoms with van der Waals surface area (Å²) in [5.74, 6) is 0.409. The quantitative estimate of drug-likeness (QED) is 0.850. The summed E-state index contributed by atoms with van der Waals surface area (Å²) in [7, 11) is 0. The largest absolute Gasteiger partial charge is 0.444 e. The molecule has 154 valence electrons. The van der Waals surface area contributed by atoms with Crippen molar-refractivity contribution in [1.29, 1.82) is 0 Å². The minimum Gasteiger partial charge on any atom is -0.444 e. The maximum absolute atomic E-state index is 13.0. The fourth-order valence-electron chi connectivity index (χ4n) is 3.37. The molecule has 3 heterocycles. The molecule has 0 unspecified atom stereocenters. The first-order valence-electron chi connectivity index (χ1n) is 9.81. The second kappa shape index (κ2) is 6.82. The monoisotopic (exact) mass is 398 g/mol. The van der Waals surface area contributed by atoms with Gasteiger partial charge in [-0.1, -0.05) is 0 Å². The van der Waals surface area contributed by atoms with Crippen molar-refractivity contribution in [2.45, 2.75) is 64.8 Å². The van der Waals surface area contributed by atoms with E-state index in [4.69, 9.17) is 4.74 Å². The van der Waals surface area contributed by atoms with Crippen molar-refractivity contribution in [3.8, 4) is 0 Å². The normalized spacial score (nSPS) is 17.4. The number of carbonyl (C=O) groups excluding carboxylic acids is 2. The first-order chi connectivity index (χ1) is 13.7. The molecule has 29 heavy (non-hydrogen) atoms. The number of ether oxygens (including phenoxy) is 1. The topological polar surface area (TPSA) is 102 Å². The number of rotatable bonds is 3. The number of hydrogen-bond acceptors (Lipinski definition) is 6. The van der Waals surface area contributed by atoms with Crippen molar-refractivity contribution in [2.24, 2.45) is 0 Å². The average Bonchev–Trinajstić information content (AvgIpc) is 3.29. The molecule has 9 nitrogen and oxygen atoms in total. The van der Waals surface area contributed by atoms with Crippen LogP contribution in [0.4, 0.5) is 4.79 Å². The van der Waals surface area contributed by atoms with Crippen LogP contribution in [-0.2, 0) is 23.4 Å². The molecule has 2 aliphatic rings. The van der Waals surface area contributed by atoms with Crippen LogP contribution in [0.2, 0.25) is 0 Å². The van der Waals surface area contributed by atoms with Gasteiger partial charge in [0.25, 0.3) is 5.91 Å². The maximum Gasteiger partial charge on any atom is 0.410 e. The number of nitrogens with one attached hydrogen (secondary N) is 1. The molecule has 1 fully saturated rings. The standard InChI is InChI=1S/C20H26N6O3/c1-13-9-21-17(22-10-13)20(5-6-20)24-16(27)14-11-23-26-8-7-25(12-15(14)26)18(28)29-19(2,3)4/h9-11H,5-8,12H2,1-4H3,(H,24,27). The van der Waals surface area contributed by atoms with Crippen LogP contribution in [0, 0.1) is 6.92 Å². The smallest absolute Gasteiger partial charge is 0.410 e. The number of hydrogen-bond donors (Lipinski definition) is 1. The van der Waals surface area contributed by atoms with E-state index in [-0.39, 0.29) is 18.5 Å². The Morgan fingerprint density at radius 1 is 1.14 bits per heavy atom. The molecule has 2 aromatic heterocycles. The van der Waals surface area contributed by atoms with Gasteiger partial charge in [0.15, 0.2) is 5.82 Å². The van der Waals surface area contributed by atoms with Gasteiger partial charge in [0, 0.05) is 18.9 Å². The summed E-state index contributed by atoms with van der Waals surface area (Å²) in [6, 6.07) is 0. The van der Waals surface area contributed by atoms with Crippen LogP contribution in [0.25, 0.3) is 0 Å². The van der Waals surface area contributed by atoms with Gasteiger partial charge in [0.1, 0.15) is 11.1 Å². The van der Waals surface area contributed by atoms with Crippen LogP contribution < -0.4 is 5.32 Å². The number of amides is 2. The molecule has 1 N–H and O–H groups in total. The Bertz CT molecular complexity index is 940. The lowest BCUT2D eigenvalue weighted by molar-refractivity contribution is 0.0193. The first-order valence-corrected chi connectivity index (χ1v) is 9.81. The molecule has 0 spiro atoms. The molecule has 1 aliphatic carbocycles. The number of fused-ring (bicyclic) bond motifs is 1. The van der Waals surface area contributed by atoms with E-state index in [1.54, 1.807) is 28.2 Å². The molecule has 0 bridgehead atoms. The fraction of sp³-hybridized carbons (Fsp3) is 0.550. The van der Waals surface area contributed by atoms with Crippen molar-refractivity contribution in [3.05, 3.63) is 41.2 Å². The van der Waals surface area contributed by atoms with Gasteiger partial charge in [-0.3, -0.25) is 9.48 Å². The molecule has 4 rings (SSSR count). The van der Waals surface area contributed by atoms with Crippen LogP contribution in [-0.4, -0.2) is 48.8 Å². The maximum atomic E-state index is 13.0. The van der Waals surface area contributed by atoms with E-state index >= 15 is 0 Å². The highest BCUT2D eigenvalue weighted by Gasteiger charge is 2.49. The van der Waals surface area contributed by atoms with E-state index in [2.05, 4.69) is 20.4 Å². The lowest BCUT2D eigenvalue weighted by Gasteiger charge is -2.30. The van der Waals surface area contributed by atoms with Crippen LogP contribution in [0.3, 0.4) is 0 Å². The second-order valence-corrected chi connectivity index (χ2v) is 8.75. The summed E-state index contributed by atoms with van der Waals surface area (Å²) in [4.78, 5) is 35.8. The van der Waals surface area contributed by atoms with Crippen molar-refractivity contribution in [3.63, 3.8) is 0 Å². The second-order valence-electron chi connectivity index (χ2n) is 8.75. The highest BCUT2D eigenvalue weighted by Crippen LogP contribution is 2.44. The number of aromatic nitrogens is 4. The summed E-state index contributed by atoms with van der Waals surface area (Å²) in [6.45, 7) is 8.73. The lowest BCUT2D eigenvalue weighted by Crippen LogP contribution is -2.42. The Balaban J connectivity index is 1.50. The first kappa shape index (κ1) is 19.4. The van der Waals surface area contributed by atoms with Gasteiger partial charge in [0.05, 0.1) is 30.5 Å². The van der Waals surface area contributed by atoms with E-state index in [1.165, 1.54) is 0 Å². The minimum absolute atomic E-state index is 0.223. The molecule has 0 aromatic carbocycles. The Morgan fingerprint density at radius 3 is 2.45 bits per heavy atom. The zero-order valence-electron chi connectivity index (χ0n) is 17.2. The Kier molecular flexibility index (Phi) is 4.55. The van der Waals surface area contributed by atoms with Gasteiger partial charge in [-0.2, -0.15) is 5.10 Å². The highest BCUT2D eigenvalue weighted by atomic mass is 16.6. The van der Waals surface area contributed by atoms with Crippen molar-refractivity contribution in [1.82, 2.24) is 30.0 Å². The Hall–Kier alpha value is -2.97. The van der Waals surface area contributed by atoms with Gasteiger partial charge in [-0.15, -0.1) is 0 Å². The summed E-state index contributed by atoms with van der Waals surface area (Å²) < 4.78 is 7.24. The predicted octanol–water partition coefficient (Wildman–Crippen LogP) is 2.15. The molecule has 1 aliphatic heterocycles. The van der Waals surface area contributed by atoms with Gasteiger partial charge in [-0.05, 0) is 46.1 Å². The van der Waals surface area contributed by atoms with Crippen molar-refractivity contribution >= 4 is 12.0 Å². The number of aryl methyl sites for hydroxylation is 1. The average molecular weight is 398 g/mol. The van der Waals surface area contributed by atoms with Crippen molar-refractivity contribution in [2.75, 3.05) is 6.54 Å². The fourth-order valence-corrected chi connectivity index (χ4v) is 3.37. The molecule has 2 amide bonds. The van der Waals surface area contributed by atoms with Crippen LogP contribution >= 0.6 is 0 Å². The van der Waals surface area contributed by atoms with E-state index in [0.717, 1.165) is 18.4 Å². The molecule has 9 heteroatoms. The van der Waals surface area contributed by atoms with E-state index in [0.29, 0.717) is 30.2 Å². The number of nitrogens with zero attached hydrogens (tertiary/aromatic N) is 5. The van der Waals surface area contributed by atoms with Gasteiger partial charge < -0.3 is 15.0 Å². The third-order valence-electron chi connectivity index (χ3n) is 5.08. The Morgan fingerprint density at radius 2 is 1.83 bits per heavy atom. The van der Waals surface area contributed by atoms with Gasteiger partial charge >= 0.3 is 6.09 Å². The van der Waals surface area contributed by atoms with Crippen LogP contribution in [0.5, 0.6) is 0 Å².